The van der Waals surface area contributed by atoms with Crippen LogP contribution in [0.4, 0.5) is 0 Å². The highest BCUT2D eigenvalue weighted by Gasteiger charge is 2.20. The first-order valence-corrected chi connectivity index (χ1v) is 3.69. The lowest BCUT2D eigenvalue weighted by Gasteiger charge is -2.13. The van der Waals surface area contributed by atoms with Gasteiger partial charge >= 0.3 is 0 Å². The molecule has 0 aliphatic carbocycles. The molecular formula is C7H12N2O2. The quantitative estimate of drug-likeness (QED) is 0.358. The van der Waals surface area contributed by atoms with E-state index in [-0.39, 0.29) is 5.91 Å². The molecule has 0 unspecified atom stereocenters. The van der Waals surface area contributed by atoms with E-state index in [2.05, 4.69) is 5.16 Å². The number of amides is 1. The van der Waals surface area contributed by atoms with Crippen LogP contribution in [0.2, 0.25) is 0 Å². The minimum absolute atomic E-state index is 0.160. The summed E-state index contributed by atoms with van der Waals surface area (Å²) < 4.78 is 0. The predicted octanol–water partition coefficient (Wildman–Crippen LogP) is 0.459. The number of carbonyl (C=O) groups is 1. The summed E-state index contributed by atoms with van der Waals surface area (Å²) in [6, 6.07) is 0. The van der Waals surface area contributed by atoms with Crippen LogP contribution in [0.1, 0.15) is 19.8 Å². The van der Waals surface area contributed by atoms with E-state index in [0.717, 1.165) is 13.0 Å². The van der Waals surface area contributed by atoms with E-state index in [0.29, 0.717) is 18.7 Å². The summed E-state index contributed by atoms with van der Waals surface area (Å²) >= 11 is 0. The normalized spacial score (nSPS) is 19.5. The van der Waals surface area contributed by atoms with Crippen LogP contribution >= 0.6 is 0 Å². The van der Waals surface area contributed by atoms with E-state index in [4.69, 9.17) is 5.21 Å². The van der Waals surface area contributed by atoms with Gasteiger partial charge in [0.2, 0.25) is 5.91 Å². The first-order chi connectivity index (χ1) is 5.24. The minimum Gasteiger partial charge on any atom is -0.411 e. The lowest BCUT2D eigenvalue weighted by Crippen LogP contribution is -2.29. The van der Waals surface area contributed by atoms with Crippen LogP contribution < -0.4 is 0 Å². The SMILES string of the molecule is CC(CN1CCCC1=O)=NO. The highest BCUT2D eigenvalue weighted by molar-refractivity contribution is 5.88. The van der Waals surface area contributed by atoms with Crippen LogP contribution in [-0.4, -0.2) is 34.8 Å². The van der Waals surface area contributed by atoms with Crippen molar-refractivity contribution in [3.8, 4) is 0 Å². The summed E-state index contributed by atoms with van der Waals surface area (Å²) in [5, 5.41) is 11.3. The first kappa shape index (κ1) is 8.04. The van der Waals surface area contributed by atoms with E-state index >= 15 is 0 Å². The number of likely N-dealkylation sites (tertiary alicyclic amines) is 1. The summed E-state index contributed by atoms with van der Waals surface area (Å²) in [4.78, 5) is 12.7. The molecule has 1 rings (SSSR count). The summed E-state index contributed by atoms with van der Waals surface area (Å²) in [5.41, 5.74) is 0.584. The summed E-state index contributed by atoms with van der Waals surface area (Å²) in [5.74, 6) is 0.160. The van der Waals surface area contributed by atoms with Crippen LogP contribution in [0.5, 0.6) is 0 Å². The van der Waals surface area contributed by atoms with Gasteiger partial charge in [0.15, 0.2) is 0 Å². The Labute approximate surface area is 65.5 Å². The van der Waals surface area contributed by atoms with Gasteiger partial charge in [0.1, 0.15) is 0 Å². The second-order valence-electron chi connectivity index (χ2n) is 2.75. The maximum Gasteiger partial charge on any atom is 0.222 e. The fourth-order valence-corrected chi connectivity index (χ4v) is 1.18. The highest BCUT2D eigenvalue weighted by atomic mass is 16.4. The first-order valence-electron chi connectivity index (χ1n) is 3.69. The average molecular weight is 156 g/mol. The maximum atomic E-state index is 11.0. The van der Waals surface area contributed by atoms with Gasteiger partial charge in [0.25, 0.3) is 0 Å². The molecule has 11 heavy (non-hydrogen) atoms. The molecule has 0 aromatic rings. The summed E-state index contributed by atoms with van der Waals surface area (Å²) in [6.45, 7) is 2.96. The monoisotopic (exact) mass is 156 g/mol. The lowest BCUT2D eigenvalue weighted by atomic mass is 10.4. The molecule has 1 aliphatic rings. The molecule has 0 atom stereocenters. The van der Waals surface area contributed by atoms with Gasteiger partial charge in [-0.05, 0) is 13.3 Å². The van der Waals surface area contributed by atoms with Crippen molar-refractivity contribution in [1.29, 1.82) is 0 Å². The van der Waals surface area contributed by atoms with Crippen molar-refractivity contribution >= 4 is 11.6 Å². The number of oxime groups is 1. The van der Waals surface area contributed by atoms with Crippen LogP contribution in [0.3, 0.4) is 0 Å². The van der Waals surface area contributed by atoms with E-state index in [1.165, 1.54) is 0 Å². The minimum atomic E-state index is 0.160. The van der Waals surface area contributed by atoms with Crippen molar-refractivity contribution in [1.82, 2.24) is 4.90 Å². The smallest absolute Gasteiger partial charge is 0.222 e. The summed E-state index contributed by atoms with van der Waals surface area (Å²) in [6.07, 6.45) is 1.57. The molecule has 4 heteroatoms. The number of hydrogen-bond acceptors (Lipinski definition) is 3. The number of rotatable bonds is 2. The van der Waals surface area contributed by atoms with E-state index in [9.17, 15) is 4.79 Å². The average Bonchev–Trinajstić information content (AvgIpc) is 2.37. The fraction of sp³-hybridized carbons (Fsp3) is 0.714. The van der Waals surface area contributed by atoms with Gasteiger partial charge in [0.05, 0.1) is 12.3 Å². The van der Waals surface area contributed by atoms with Crippen molar-refractivity contribution in [3.05, 3.63) is 0 Å². The largest absolute Gasteiger partial charge is 0.411 e. The van der Waals surface area contributed by atoms with E-state index in [1.807, 2.05) is 0 Å². The molecule has 0 aromatic heterocycles. The van der Waals surface area contributed by atoms with Gasteiger partial charge in [0, 0.05) is 13.0 Å². The fourth-order valence-electron chi connectivity index (χ4n) is 1.18. The molecule has 1 amide bonds. The zero-order valence-electron chi connectivity index (χ0n) is 6.58. The Morgan fingerprint density at radius 1 is 1.82 bits per heavy atom. The van der Waals surface area contributed by atoms with Crippen LogP contribution in [-0.2, 0) is 4.79 Å². The Balaban J connectivity index is 2.43. The van der Waals surface area contributed by atoms with Gasteiger partial charge in [-0.25, -0.2) is 0 Å². The van der Waals surface area contributed by atoms with Crippen LogP contribution in [0.25, 0.3) is 0 Å². The molecule has 62 valence electrons. The molecule has 1 heterocycles. The molecular weight excluding hydrogens is 144 g/mol. The maximum absolute atomic E-state index is 11.0. The van der Waals surface area contributed by atoms with E-state index in [1.54, 1.807) is 11.8 Å². The zero-order valence-corrected chi connectivity index (χ0v) is 6.58. The Morgan fingerprint density at radius 3 is 3.00 bits per heavy atom. The van der Waals surface area contributed by atoms with Gasteiger partial charge in [-0.1, -0.05) is 5.16 Å². The molecule has 0 bridgehead atoms. The molecule has 1 saturated heterocycles. The van der Waals surface area contributed by atoms with Gasteiger partial charge in [-0.3, -0.25) is 4.79 Å². The second-order valence-corrected chi connectivity index (χ2v) is 2.75. The number of carbonyl (C=O) groups excluding carboxylic acids is 1. The Hall–Kier alpha value is -1.06. The van der Waals surface area contributed by atoms with Crippen LogP contribution in [0.15, 0.2) is 5.16 Å². The van der Waals surface area contributed by atoms with Gasteiger partial charge in [-0.2, -0.15) is 0 Å². The Bertz CT molecular complexity index is 189. The molecule has 1 aliphatic heterocycles. The van der Waals surface area contributed by atoms with Crippen molar-refractivity contribution in [2.24, 2.45) is 5.16 Å². The third-order valence-corrected chi connectivity index (χ3v) is 1.76. The highest BCUT2D eigenvalue weighted by Crippen LogP contribution is 2.08. The van der Waals surface area contributed by atoms with Gasteiger partial charge < -0.3 is 10.1 Å². The third kappa shape index (κ3) is 1.93. The molecule has 0 radical (unpaired) electrons. The number of hydrogen-bond donors (Lipinski definition) is 1. The van der Waals surface area contributed by atoms with Crippen molar-refractivity contribution < 1.29 is 10.0 Å². The van der Waals surface area contributed by atoms with E-state index < -0.39 is 0 Å². The Morgan fingerprint density at radius 2 is 2.55 bits per heavy atom. The molecule has 0 saturated carbocycles. The summed E-state index contributed by atoms with van der Waals surface area (Å²) in [7, 11) is 0. The van der Waals surface area contributed by atoms with Crippen molar-refractivity contribution in [2.45, 2.75) is 19.8 Å². The molecule has 4 nitrogen and oxygen atoms in total. The van der Waals surface area contributed by atoms with Crippen molar-refractivity contribution in [2.75, 3.05) is 13.1 Å². The molecule has 1 N–H and O–H groups in total. The lowest BCUT2D eigenvalue weighted by molar-refractivity contribution is -0.127. The second kappa shape index (κ2) is 3.37. The predicted molar refractivity (Wildman–Crippen MR) is 40.7 cm³/mol. The standard InChI is InChI=1S/C7H12N2O2/c1-6(8-11)5-9-4-2-3-7(9)10/h11H,2-5H2,1H3. The van der Waals surface area contributed by atoms with Crippen molar-refractivity contribution in [3.63, 3.8) is 0 Å². The molecule has 0 aromatic carbocycles. The topological polar surface area (TPSA) is 52.9 Å². The van der Waals surface area contributed by atoms with Gasteiger partial charge in [-0.15, -0.1) is 0 Å². The number of nitrogens with zero attached hydrogens (tertiary/aromatic N) is 2. The van der Waals surface area contributed by atoms with Crippen LogP contribution in [0, 0.1) is 0 Å². The Kier molecular flexibility index (Phi) is 2.46. The molecule has 0 spiro atoms. The third-order valence-electron chi connectivity index (χ3n) is 1.76. The zero-order chi connectivity index (χ0) is 8.27. The molecule has 1 fully saturated rings.